The minimum Gasteiger partial charge on any atom is -0.507 e. The molecule has 0 saturated carbocycles. The van der Waals surface area contributed by atoms with E-state index in [-0.39, 0.29) is 23.7 Å². The fourth-order valence-electron chi connectivity index (χ4n) is 3.41. The lowest BCUT2D eigenvalue weighted by molar-refractivity contribution is -0.0395. The molecule has 1 aliphatic rings. The van der Waals surface area contributed by atoms with Gasteiger partial charge in [-0.25, -0.2) is 9.78 Å². The monoisotopic (exact) mass is 416 g/mol. The maximum atomic E-state index is 13.0. The van der Waals surface area contributed by atoms with E-state index in [1.54, 1.807) is 43.7 Å². The highest BCUT2D eigenvalue weighted by Crippen LogP contribution is 2.33. The summed E-state index contributed by atoms with van der Waals surface area (Å²) in [6, 6.07) is 1.48. The molecule has 3 rings (SSSR count). The molecule has 30 heavy (non-hydrogen) atoms. The van der Waals surface area contributed by atoms with E-state index >= 15 is 0 Å². The number of imidazole rings is 1. The number of aliphatic hydroxyl groups excluding tert-OH is 3. The van der Waals surface area contributed by atoms with Crippen LogP contribution >= 0.6 is 0 Å². The van der Waals surface area contributed by atoms with Crippen LogP contribution in [0.4, 0.5) is 0 Å². The van der Waals surface area contributed by atoms with Crippen molar-refractivity contribution in [3.63, 3.8) is 0 Å². The average molecular weight is 416 g/mol. The molecule has 0 fully saturated rings. The number of hydrogen-bond donors (Lipinski definition) is 4. The van der Waals surface area contributed by atoms with Crippen molar-refractivity contribution >= 4 is 23.1 Å². The van der Waals surface area contributed by atoms with E-state index in [1.165, 1.54) is 12.1 Å². The zero-order valence-corrected chi connectivity index (χ0v) is 17.5. The summed E-state index contributed by atoms with van der Waals surface area (Å²) in [5.41, 5.74) is 1.52. The maximum Gasteiger partial charge on any atom is 0.342 e. The Bertz CT molecular complexity index is 1010. The Hall–Kier alpha value is -2.68. The lowest BCUT2D eigenvalue weighted by atomic mass is 9.98. The zero-order chi connectivity index (χ0) is 22.2. The van der Waals surface area contributed by atoms with E-state index in [0.717, 1.165) is 0 Å². The molecule has 0 spiro atoms. The molecule has 0 aliphatic carbocycles. The number of aromatic nitrogens is 2. The van der Waals surface area contributed by atoms with Gasteiger partial charge in [0.25, 0.3) is 0 Å². The number of aryl methyl sites for hydroxylation is 2. The van der Waals surface area contributed by atoms with Crippen LogP contribution in [0.25, 0.3) is 17.1 Å². The first-order chi connectivity index (χ1) is 14.1. The van der Waals surface area contributed by atoms with Crippen molar-refractivity contribution in [2.24, 2.45) is 13.0 Å². The molecule has 4 N–H and O–H groups in total. The topological polar surface area (TPSA) is 125 Å². The Morgan fingerprint density at radius 1 is 1.20 bits per heavy atom. The number of phenolic OH excluding ortho intramolecular Hbond substituents is 1. The number of nitrogens with zero attached hydrogens (tertiary/aromatic N) is 2. The zero-order valence-electron chi connectivity index (χ0n) is 17.5. The van der Waals surface area contributed by atoms with Crippen molar-refractivity contribution < 1.29 is 30.0 Å². The predicted octanol–water partition coefficient (Wildman–Crippen LogP) is 1.82. The number of ether oxygens (including phenoxy) is 1. The van der Waals surface area contributed by atoms with Gasteiger partial charge in [-0.2, -0.15) is 0 Å². The fraction of sp³-hybridized carbons (Fsp3) is 0.455. The average Bonchev–Trinajstić information content (AvgIpc) is 2.98. The Balaban J connectivity index is 2.17. The predicted molar refractivity (Wildman–Crippen MR) is 112 cm³/mol. The highest BCUT2D eigenvalue weighted by molar-refractivity contribution is 6.03. The lowest BCUT2D eigenvalue weighted by Gasteiger charge is -2.22. The van der Waals surface area contributed by atoms with Gasteiger partial charge < -0.3 is 29.7 Å². The van der Waals surface area contributed by atoms with Gasteiger partial charge in [-0.1, -0.05) is 31.2 Å². The summed E-state index contributed by atoms with van der Waals surface area (Å²) in [5, 5.41) is 41.2. The van der Waals surface area contributed by atoms with Crippen LogP contribution in [0.2, 0.25) is 0 Å². The van der Waals surface area contributed by atoms with Crippen LogP contribution in [0.1, 0.15) is 42.0 Å². The molecule has 8 heteroatoms. The first kappa shape index (κ1) is 22.0. The van der Waals surface area contributed by atoms with Crippen LogP contribution in [0, 0.1) is 12.8 Å². The highest BCUT2D eigenvalue weighted by atomic mass is 16.5. The van der Waals surface area contributed by atoms with Gasteiger partial charge in [-0.05, 0) is 20.3 Å². The standard InChI is InChI=1S/C22H28N2O6/c1-11-8-9-17(26)21(28)16(25)7-5-6-14-19(22(29)30-12(11)2)18(27)10-15-20(14)23-13(3)24(15)4/h5-6,8-12,16-17,21,25-28H,7H2,1-4H3/b6-5?,9-8-/t11-,12+,16+,17+,21+/m1/s1. The molecule has 0 saturated heterocycles. The first-order valence-electron chi connectivity index (χ1n) is 9.90. The molecular formula is C22H28N2O6. The van der Waals surface area contributed by atoms with E-state index in [2.05, 4.69) is 4.98 Å². The SMILES string of the molecule is Cc1nc2c3c(c(O)cc2n1C)C(=O)O[C@@H](C)[C@H](C)/C=C\[C@H](O)[C@@H](O)[C@@H](O)CC=C3. The second-order valence-corrected chi connectivity index (χ2v) is 7.81. The second kappa shape index (κ2) is 8.59. The summed E-state index contributed by atoms with van der Waals surface area (Å²) in [5.74, 6) is -0.500. The molecule has 5 atom stereocenters. The van der Waals surface area contributed by atoms with Gasteiger partial charge in [0.2, 0.25) is 0 Å². The van der Waals surface area contributed by atoms with Gasteiger partial charge in [-0.15, -0.1) is 0 Å². The summed E-state index contributed by atoms with van der Waals surface area (Å²) in [6.07, 6.45) is 1.74. The number of aromatic hydroxyl groups is 1. The number of carbonyl (C=O) groups is 1. The van der Waals surface area contributed by atoms with Gasteiger partial charge in [0.1, 0.15) is 35.4 Å². The van der Waals surface area contributed by atoms with E-state index in [9.17, 15) is 25.2 Å². The minimum absolute atomic E-state index is 0.00740. The molecule has 1 aromatic carbocycles. The number of fused-ring (bicyclic) bond motifs is 3. The van der Waals surface area contributed by atoms with Crippen molar-refractivity contribution in [2.45, 2.75) is 51.6 Å². The second-order valence-electron chi connectivity index (χ2n) is 7.81. The van der Waals surface area contributed by atoms with Crippen molar-refractivity contribution in [2.75, 3.05) is 0 Å². The number of carbonyl (C=O) groups excluding carboxylic acids is 1. The van der Waals surface area contributed by atoms with Gasteiger partial charge in [0, 0.05) is 24.6 Å². The van der Waals surface area contributed by atoms with Crippen molar-refractivity contribution in [3.8, 4) is 5.75 Å². The van der Waals surface area contributed by atoms with Crippen LogP contribution in [-0.4, -0.2) is 60.4 Å². The van der Waals surface area contributed by atoms with Crippen LogP contribution < -0.4 is 0 Å². The molecule has 0 radical (unpaired) electrons. The molecule has 162 valence electrons. The fourth-order valence-corrected chi connectivity index (χ4v) is 3.41. The van der Waals surface area contributed by atoms with Crippen molar-refractivity contribution in [1.82, 2.24) is 9.55 Å². The number of cyclic esters (lactones) is 1. The van der Waals surface area contributed by atoms with E-state index in [1.807, 2.05) is 6.92 Å². The summed E-state index contributed by atoms with van der Waals surface area (Å²) in [7, 11) is 1.80. The van der Waals surface area contributed by atoms with Gasteiger partial charge in [0.15, 0.2) is 0 Å². The maximum absolute atomic E-state index is 13.0. The first-order valence-corrected chi connectivity index (χ1v) is 9.90. The smallest absolute Gasteiger partial charge is 0.342 e. The molecule has 1 aliphatic heterocycles. The third-order valence-electron chi connectivity index (χ3n) is 5.67. The Morgan fingerprint density at radius 3 is 2.60 bits per heavy atom. The Labute approximate surface area is 174 Å². The summed E-state index contributed by atoms with van der Waals surface area (Å²) < 4.78 is 7.37. The number of hydrogen-bond acceptors (Lipinski definition) is 7. The van der Waals surface area contributed by atoms with Crippen molar-refractivity contribution in [3.05, 3.63) is 41.2 Å². The summed E-state index contributed by atoms with van der Waals surface area (Å²) in [6.45, 7) is 5.31. The molecule has 2 aromatic rings. The normalized spacial score (nSPS) is 29.3. The van der Waals surface area contributed by atoms with Crippen LogP contribution in [0.15, 0.2) is 24.3 Å². The summed E-state index contributed by atoms with van der Waals surface area (Å²) in [4.78, 5) is 17.5. The number of esters is 1. The molecule has 0 amide bonds. The van der Waals surface area contributed by atoms with Gasteiger partial charge >= 0.3 is 5.97 Å². The van der Waals surface area contributed by atoms with Crippen LogP contribution in [-0.2, 0) is 11.8 Å². The Morgan fingerprint density at radius 2 is 1.90 bits per heavy atom. The number of rotatable bonds is 0. The van der Waals surface area contributed by atoms with Crippen LogP contribution in [0.3, 0.4) is 0 Å². The van der Waals surface area contributed by atoms with E-state index < -0.39 is 30.4 Å². The third kappa shape index (κ3) is 4.12. The molecule has 8 nitrogen and oxygen atoms in total. The molecule has 0 unspecified atom stereocenters. The van der Waals surface area contributed by atoms with E-state index in [0.29, 0.717) is 22.4 Å². The molecule has 0 bridgehead atoms. The van der Waals surface area contributed by atoms with Gasteiger partial charge in [0.05, 0.1) is 17.1 Å². The van der Waals surface area contributed by atoms with Crippen molar-refractivity contribution in [1.29, 1.82) is 0 Å². The molecule has 2 heterocycles. The quantitative estimate of drug-likeness (QED) is 0.381. The van der Waals surface area contributed by atoms with Crippen LogP contribution in [0.5, 0.6) is 5.75 Å². The van der Waals surface area contributed by atoms with Gasteiger partial charge in [-0.3, -0.25) is 0 Å². The molecular weight excluding hydrogens is 388 g/mol. The largest absolute Gasteiger partial charge is 0.507 e. The Kier molecular flexibility index (Phi) is 6.30. The number of benzene rings is 1. The lowest BCUT2D eigenvalue weighted by Crippen LogP contribution is -2.36. The number of phenols is 1. The third-order valence-corrected chi connectivity index (χ3v) is 5.67. The summed E-state index contributed by atoms with van der Waals surface area (Å²) >= 11 is 0. The number of aliphatic hydroxyl groups is 3. The highest BCUT2D eigenvalue weighted by Gasteiger charge is 2.27. The van der Waals surface area contributed by atoms with E-state index in [4.69, 9.17) is 4.74 Å². The molecule has 1 aromatic heterocycles. The minimum atomic E-state index is -1.38.